The Hall–Kier alpha value is -6.32. The Morgan fingerprint density at radius 3 is 2.48 bits per heavy atom. The van der Waals surface area contributed by atoms with Crippen molar-refractivity contribution in [1.29, 1.82) is 0 Å². The Morgan fingerprint density at radius 2 is 1.72 bits per heavy atom. The van der Waals surface area contributed by atoms with E-state index in [1.165, 1.54) is 35.5 Å². The number of ether oxygens (including phenoxy) is 2. The molecule has 0 spiro atoms. The van der Waals surface area contributed by atoms with Gasteiger partial charge in [-0.05, 0) is 108 Å². The first-order valence-electron chi connectivity index (χ1n) is 20.1. The minimum Gasteiger partial charge on any atom is -0.455 e. The number of alkyl halides is 1. The largest absolute Gasteiger partial charge is 0.455 e. The van der Waals surface area contributed by atoms with Gasteiger partial charge in [0.2, 0.25) is 0 Å². The number of sulfonamides is 1. The lowest BCUT2D eigenvalue weighted by molar-refractivity contribution is -0.384. The SMILES string of the molecule is O=C(NS(=O)(=O)c1ccc(NCC2CCOCC2)c([N+](=O)[O-])c1)c1ccc(-c2ccc(N3C[C@H](F)C[C@H]3c3ccccc3C3CC3)cc2)cc1Oc1cnc2[nH]ccc2c1. The van der Waals surface area contributed by atoms with E-state index in [2.05, 4.69) is 43.1 Å². The number of anilines is 2. The van der Waals surface area contributed by atoms with E-state index in [-0.39, 0.29) is 35.5 Å². The molecule has 6 aromatic rings. The van der Waals surface area contributed by atoms with Gasteiger partial charge in [0, 0.05) is 56.1 Å². The van der Waals surface area contributed by atoms with Crippen LogP contribution in [0.2, 0.25) is 0 Å². The van der Waals surface area contributed by atoms with Gasteiger partial charge in [-0.15, -0.1) is 0 Å². The molecule has 13 nitrogen and oxygen atoms in total. The zero-order valence-electron chi connectivity index (χ0n) is 32.6. The number of nitro groups is 1. The molecule has 1 amide bonds. The fraction of sp³-hybridized carbons (Fsp3) is 0.289. The molecule has 1 saturated carbocycles. The normalized spacial score (nSPS) is 18.4. The van der Waals surface area contributed by atoms with Crippen molar-refractivity contribution in [3.05, 3.63) is 136 Å². The zero-order valence-corrected chi connectivity index (χ0v) is 33.4. The van der Waals surface area contributed by atoms with E-state index >= 15 is 4.39 Å². The number of aromatic nitrogens is 2. The second-order valence-corrected chi connectivity index (χ2v) is 17.3. The summed E-state index contributed by atoms with van der Waals surface area (Å²) in [5, 5.41) is 15.9. The minimum absolute atomic E-state index is 0.0520. The average Bonchev–Trinajstić information content (AvgIpc) is 3.88. The van der Waals surface area contributed by atoms with Crippen LogP contribution in [0.1, 0.15) is 65.5 Å². The number of pyridine rings is 1. The minimum atomic E-state index is -4.59. The highest BCUT2D eigenvalue weighted by Gasteiger charge is 2.37. The van der Waals surface area contributed by atoms with E-state index in [0.717, 1.165) is 48.4 Å². The fourth-order valence-electron chi connectivity index (χ4n) is 8.29. The van der Waals surface area contributed by atoms with Crippen LogP contribution in [0.5, 0.6) is 11.5 Å². The molecule has 2 aliphatic heterocycles. The lowest BCUT2D eigenvalue weighted by Crippen LogP contribution is -2.31. The number of hydrogen-bond donors (Lipinski definition) is 3. The van der Waals surface area contributed by atoms with Crippen LogP contribution < -0.4 is 19.7 Å². The quantitative estimate of drug-likeness (QED) is 0.0754. The van der Waals surface area contributed by atoms with Crippen LogP contribution in [0.15, 0.2) is 114 Å². The molecule has 3 fully saturated rings. The van der Waals surface area contributed by atoms with Gasteiger partial charge in [-0.1, -0.05) is 42.5 Å². The molecule has 2 atom stereocenters. The monoisotopic (exact) mass is 830 g/mol. The molecule has 1 aliphatic carbocycles. The first kappa shape index (κ1) is 39.2. The molecule has 3 N–H and O–H groups in total. The third-order valence-corrected chi connectivity index (χ3v) is 12.9. The molecule has 4 aromatic carbocycles. The van der Waals surface area contributed by atoms with Crippen molar-refractivity contribution in [2.45, 2.75) is 55.1 Å². The number of carbonyl (C=O) groups is 1. The van der Waals surface area contributed by atoms with Gasteiger partial charge < -0.3 is 24.7 Å². The summed E-state index contributed by atoms with van der Waals surface area (Å²) < 4.78 is 56.1. The number of nitrogens with zero attached hydrogens (tertiary/aromatic N) is 3. The topological polar surface area (TPSA) is 169 Å². The molecule has 2 saturated heterocycles. The number of fused-ring (bicyclic) bond motifs is 1. The van der Waals surface area contributed by atoms with E-state index < -0.39 is 37.6 Å². The highest BCUT2D eigenvalue weighted by atomic mass is 32.2. The van der Waals surface area contributed by atoms with Gasteiger partial charge in [0.05, 0.1) is 27.6 Å². The summed E-state index contributed by atoms with van der Waals surface area (Å²) in [4.78, 5) is 34.4. The van der Waals surface area contributed by atoms with E-state index in [9.17, 15) is 23.3 Å². The number of aromatic amines is 1. The fourth-order valence-corrected chi connectivity index (χ4v) is 9.27. The highest BCUT2D eigenvalue weighted by molar-refractivity contribution is 7.90. The predicted octanol–water partition coefficient (Wildman–Crippen LogP) is 9.05. The number of carbonyl (C=O) groups excluding carboxylic acids is 1. The Labute approximate surface area is 346 Å². The van der Waals surface area contributed by atoms with E-state index in [4.69, 9.17) is 9.47 Å². The predicted molar refractivity (Wildman–Crippen MR) is 226 cm³/mol. The van der Waals surface area contributed by atoms with Crippen LogP contribution in [0.4, 0.5) is 21.5 Å². The highest BCUT2D eigenvalue weighted by Crippen LogP contribution is 2.47. The first-order chi connectivity index (χ1) is 29.1. The van der Waals surface area contributed by atoms with Gasteiger partial charge in [0.1, 0.15) is 29.0 Å². The smallest absolute Gasteiger partial charge is 0.293 e. The van der Waals surface area contributed by atoms with Crippen molar-refractivity contribution in [3.63, 3.8) is 0 Å². The number of rotatable bonds is 13. The molecule has 9 rings (SSSR count). The van der Waals surface area contributed by atoms with Crippen LogP contribution in [-0.2, 0) is 14.8 Å². The standard InChI is InChI=1S/C45H43FN6O7S/c46-33-23-41(38-4-2-1-3-37(38)30-5-6-30)51(27-33)34-10-7-29(8-11-34)31-9-13-39(43(22-31)59-35-21-32-15-18-47-44(32)49-26-35)45(53)50-60(56,57)36-12-14-40(42(24-36)52(54)55)48-25-28-16-19-58-20-17-28/h1-4,7-15,18,21-22,24,26,28,30,33,41,48H,5-6,16-17,19-20,23,25,27H2,(H,47,49)(H,50,53)/t33-,41+/m1/s1. The molecule has 0 radical (unpaired) electrons. The number of amides is 1. The summed E-state index contributed by atoms with van der Waals surface area (Å²) in [6.07, 6.45) is 6.63. The number of hydrogen-bond acceptors (Lipinski definition) is 10. The summed E-state index contributed by atoms with van der Waals surface area (Å²) in [7, 11) is -4.59. The van der Waals surface area contributed by atoms with E-state index in [1.54, 1.807) is 24.4 Å². The third-order valence-electron chi connectivity index (χ3n) is 11.6. The maximum absolute atomic E-state index is 15.1. The third kappa shape index (κ3) is 8.27. The van der Waals surface area contributed by atoms with Crippen molar-refractivity contribution in [1.82, 2.24) is 14.7 Å². The molecule has 4 heterocycles. The maximum Gasteiger partial charge on any atom is 0.293 e. The van der Waals surface area contributed by atoms with Crippen molar-refractivity contribution in [2.24, 2.45) is 5.92 Å². The van der Waals surface area contributed by atoms with E-state index in [1.807, 2.05) is 36.4 Å². The molecule has 3 aliphatic rings. The average molecular weight is 831 g/mol. The van der Waals surface area contributed by atoms with Gasteiger partial charge in [-0.25, -0.2) is 22.5 Å². The van der Waals surface area contributed by atoms with Gasteiger partial charge in [-0.2, -0.15) is 0 Å². The molecule has 60 heavy (non-hydrogen) atoms. The number of halogens is 1. The van der Waals surface area contributed by atoms with Gasteiger partial charge >= 0.3 is 0 Å². The summed E-state index contributed by atoms with van der Waals surface area (Å²) >= 11 is 0. The van der Waals surface area contributed by atoms with Crippen molar-refractivity contribution in [2.75, 3.05) is 36.5 Å². The summed E-state index contributed by atoms with van der Waals surface area (Å²) in [6, 6.07) is 27.9. The summed E-state index contributed by atoms with van der Waals surface area (Å²) in [6.45, 7) is 1.99. The summed E-state index contributed by atoms with van der Waals surface area (Å²) in [5.74, 6) is 0.153. The van der Waals surface area contributed by atoms with Crippen LogP contribution >= 0.6 is 0 Å². The summed E-state index contributed by atoms with van der Waals surface area (Å²) in [5.41, 5.74) is 5.12. The van der Waals surface area contributed by atoms with Crippen molar-refractivity contribution in [3.8, 4) is 22.6 Å². The van der Waals surface area contributed by atoms with Crippen molar-refractivity contribution < 1.29 is 32.0 Å². The maximum atomic E-state index is 15.1. The van der Waals surface area contributed by atoms with Gasteiger partial charge in [-0.3, -0.25) is 14.9 Å². The Morgan fingerprint density at radius 1 is 0.950 bits per heavy atom. The molecular weight excluding hydrogens is 788 g/mol. The molecule has 0 bridgehead atoms. The second kappa shape index (κ2) is 16.4. The molecule has 15 heteroatoms. The van der Waals surface area contributed by atoms with Crippen LogP contribution in [0.25, 0.3) is 22.2 Å². The van der Waals surface area contributed by atoms with Crippen LogP contribution in [0.3, 0.4) is 0 Å². The first-order valence-corrected chi connectivity index (χ1v) is 21.6. The van der Waals surface area contributed by atoms with Gasteiger partial charge in [0.25, 0.3) is 21.6 Å². The number of benzene rings is 4. The van der Waals surface area contributed by atoms with Crippen LogP contribution in [-0.4, -0.2) is 61.7 Å². The molecular formula is C45H43FN6O7S. The number of H-pyrrole nitrogens is 1. The lowest BCUT2D eigenvalue weighted by Gasteiger charge is -2.28. The second-order valence-electron chi connectivity index (χ2n) is 15.7. The van der Waals surface area contributed by atoms with Crippen molar-refractivity contribution >= 4 is 44.0 Å². The molecule has 308 valence electrons. The molecule has 2 aromatic heterocycles. The number of nitro benzene ring substituents is 1. The zero-order chi connectivity index (χ0) is 41.4. The Balaban J connectivity index is 0.986. The van der Waals surface area contributed by atoms with E-state index in [0.29, 0.717) is 49.1 Å². The van der Waals surface area contributed by atoms with Gasteiger partial charge in [0.15, 0.2) is 0 Å². The Kier molecular flexibility index (Phi) is 10.7. The Bertz CT molecular complexity index is 2680. The molecule has 0 unspecified atom stereocenters. The lowest BCUT2D eigenvalue weighted by atomic mass is 9.95. The van der Waals surface area contributed by atoms with Crippen LogP contribution in [0, 0.1) is 16.0 Å². The number of nitrogens with one attached hydrogen (secondary N) is 3.